The zero-order valence-corrected chi connectivity index (χ0v) is 38.1. The molecule has 2 saturated carbocycles. The Morgan fingerprint density at radius 1 is 0.338 bits per heavy atom. The molecule has 0 aromatic heterocycles. The second-order valence-corrected chi connectivity index (χ2v) is 20.7. The van der Waals surface area contributed by atoms with Crippen molar-refractivity contribution in [1.29, 1.82) is 0 Å². The lowest BCUT2D eigenvalue weighted by molar-refractivity contribution is 0.330. The van der Waals surface area contributed by atoms with Crippen LogP contribution < -0.4 is 9.80 Å². The molecule has 0 N–H and O–H groups in total. The fourth-order valence-electron chi connectivity index (χ4n) is 14.3. The van der Waals surface area contributed by atoms with E-state index in [9.17, 15) is 0 Å². The molecule has 3 aliphatic carbocycles. The number of hydrogen-bond acceptors (Lipinski definition) is 2. The molecule has 5 aliphatic rings. The second kappa shape index (κ2) is 13.7. The Labute approximate surface area is 385 Å². The number of nitrogens with zero attached hydrogens (tertiary/aromatic N) is 2. The number of benzene rings is 8. The normalized spacial score (nSPS) is 25.2. The topological polar surface area (TPSA) is 6.48 Å². The van der Waals surface area contributed by atoms with Crippen LogP contribution >= 0.6 is 0 Å². The predicted octanol–water partition coefficient (Wildman–Crippen LogP) is 16.1. The highest BCUT2D eigenvalue weighted by Crippen LogP contribution is 2.65. The molecule has 0 bridgehead atoms. The SMILES string of the molecule is CC12CCCC1(C)N(c1ccccc1)c1ccc(-c3ccc4c(c3)-c3cc(-c5ccc6c(c5)C5(C)CCCC5(C)N6c5ccccc5)ccc3C4(c3ccccc3)c3ccccc3)cc12. The van der Waals surface area contributed by atoms with Crippen molar-refractivity contribution in [2.24, 2.45) is 0 Å². The van der Waals surface area contributed by atoms with E-state index in [1.165, 1.54) is 128 Å². The molecule has 2 aliphatic heterocycles. The zero-order valence-electron chi connectivity index (χ0n) is 38.1. The number of rotatable bonds is 6. The summed E-state index contributed by atoms with van der Waals surface area (Å²) in [5.74, 6) is 0. The molecule has 0 saturated heterocycles. The van der Waals surface area contributed by atoms with Gasteiger partial charge in [0.2, 0.25) is 0 Å². The van der Waals surface area contributed by atoms with Crippen LogP contribution in [0.3, 0.4) is 0 Å². The first-order chi connectivity index (χ1) is 31.7. The molecule has 65 heavy (non-hydrogen) atoms. The lowest BCUT2D eigenvalue weighted by atomic mass is 9.67. The minimum Gasteiger partial charge on any atom is -0.334 e. The largest absolute Gasteiger partial charge is 0.334 e. The average molecular weight is 841 g/mol. The maximum atomic E-state index is 2.67. The third kappa shape index (κ3) is 5.01. The minimum absolute atomic E-state index is 0.0265. The first-order valence-electron chi connectivity index (χ1n) is 24.1. The number of hydrogen-bond donors (Lipinski definition) is 0. The second-order valence-electron chi connectivity index (χ2n) is 20.7. The molecule has 13 rings (SSSR count). The van der Waals surface area contributed by atoms with Crippen LogP contribution in [0.15, 0.2) is 194 Å². The Bertz CT molecular complexity index is 2960. The van der Waals surface area contributed by atoms with Crippen LogP contribution in [0.25, 0.3) is 33.4 Å². The molecule has 0 radical (unpaired) electrons. The molecule has 0 spiro atoms. The van der Waals surface area contributed by atoms with E-state index in [0.717, 1.165) is 0 Å². The van der Waals surface area contributed by atoms with Crippen LogP contribution in [0.5, 0.6) is 0 Å². The molecule has 8 aromatic rings. The van der Waals surface area contributed by atoms with Crippen molar-refractivity contribution in [2.45, 2.75) is 93.5 Å². The average Bonchev–Trinajstić information content (AvgIpc) is 4.04. The van der Waals surface area contributed by atoms with E-state index in [0.29, 0.717) is 0 Å². The van der Waals surface area contributed by atoms with Crippen LogP contribution in [0, 0.1) is 0 Å². The van der Waals surface area contributed by atoms with E-state index in [2.05, 4.69) is 232 Å². The molecule has 2 nitrogen and oxygen atoms in total. The number of para-hydroxylation sites is 2. The summed E-state index contributed by atoms with van der Waals surface area (Å²) in [6, 6.07) is 74.2. The Morgan fingerprint density at radius 3 is 1.09 bits per heavy atom. The summed E-state index contributed by atoms with van der Waals surface area (Å²) in [7, 11) is 0. The van der Waals surface area contributed by atoms with E-state index < -0.39 is 5.41 Å². The summed E-state index contributed by atoms with van der Waals surface area (Å²) in [5.41, 5.74) is 21.0. The van der Waals surface area contributed by atoms with Gasteiger partial charge < -0.3 is 9.80 Å². The van der Waals surface area contributed by atoms with Crippen molar-refractivity contribution >= 4 is 22.7 Å². The van der Waals surface area contributed by atoms with E-state index in [4.69, 9.17) is 0 Å². The summed E-state index contributed by atoms with van der Waals surface area (Å²) < 4.78 is 0. The first-order valence-corrected chi connectivity index (χ1v) is 24.1. The summed E-state index contributed by atoms with van der Waals surface area (Å²) in [4.78, 5) is 5.33. The van der Waals surface area contributed by atoms with Crippen molar-refractivity contribution in [3.63, 3.8) is 0 Å². The van der Waals surface area contributed by atoms with Crippen molar-refractivity contribution in [3.05, 3.63) is 228 Å². The maximum Gasteiger partial charge on any atom is 0.0713 e. The van der Waals surface area contributed by atoms with Gasteiger partial charge in [-0.2, -0.15) is 0 Å². The van der Waals surface area contributed by atoms with Gasteiger partial charge in [0.05, 0.1) is 16.5 Å². The van der Waals surface area contributed by atoms with Gasteiger partial charge in [-0.05, 0) is 167 Å². The van der Waals surface area contributed by atoms with Gasteiger partial charge in [-0.3, -0.25) is 0 Å². The summed E-state index contributed by atoms with van der Waals surface area (Å²) in [6.45, 7) is 10.1. The lowest BCUT2D eigenvalue weighted by Crippen LogP contribution is -2.48. The maximum absolute atomic E-state index is 2.67. The molecule has 4 unspecified atom stereocenters. The van der Waals surface area contributed by atoms with Gasteiger partial charge in [0.25, 0.3) is 0 Å². The first kappa shape index (κ1) is 38.8. The molecule has 2 heteroatoms. The van der Waals surface area contributed by atoms with Gasteiger partial charge in [-0.1, -0.05) is 160 Å². The van der Waals surface area contributed by atoms with Crippen molar-refractivity contribution in [3.8, 4) is 33.4 Å². The molecular weight excluding hydrogens is 785 g/mol. The fraction of sp³-hybridized carbons (Fsp3) is 0.238. The minimum atomic E-state index is -0.467. The number of anilines is 4. The van der Waals surface area contributed by atoms with Gasteiger partial charge in [0.1, 0.15) is 0 Å². The highest BCUT2D eigenvalue weighted by atomic mass is 15.3. The van der Waals surface area contributed by atoms with Crippen LogP contribution in [0.1, 0.15) is 99.6 Å². The van der Waals surface area contributed by atoms with E-state index in [-0.39, 0.29) is 21.9 Å². The molecular formula is C63H56N2. The Balaban J connectivity index is 0.996. The molecule has 4 atom stereocenters. The van der Waals surface area contributed by atoms with E-state index in [1.807, 2.05) is 0 Å². The third-order valence-electron chi connectivity index (χ3n) is 18.0. The molecule has 8 aromatic carbocycles. The van der Waals surface area contributed by atoms with Crippen molar-refractivity contribution < 1.29 is 0 Å². The van der Waals surface area contributed by atoms with Crippen LogP contribution in [0.4, 0.5) is 22.7 Å². The lowest BCUT2D eigenvalue weighted by Gasteiger charge is -2.42. The standard InChI is InChI=1S/C63H56N2/c1-59-35-17-37-61(59,3)64(49-23-13-7-14-24-49)57-33-29-45(41-55(57)59)43-27-31-53-51(39-43)52-40-44(28-32-54(52)63(53,47-19-9-5-10-20-47)48-21-11-6-12-22-48)46-30-34-58-56(42-46)60(2)36-18-38-62(60,4)65(58)50-25-15-8-16-26-50/h5-16,19-34,39-42H,17-18,35-38H2,1-4H3. The highest BCUT2D eigenvalue weighted by molar-refractivity contribution is 5.92. The van der Waals surface area contributed by atoms with Crippen molar-refractivity contribution in [1.82, 2.24) is 0 Å². The molecule has 2 fully saturated rings. The summed E-state index contributed by atoms with van der Waals surface area (Å²) >= 11 is 0. The molecule has 0 amide bonds. The predicted molar refractivity (Wildman–Crippen MR) is 271 cm³/mol. The number of fused-ring (bicyclic) bond motifs is 9. The highest BCUT2D eigenvalue weighted by Gasteiger charge is 2.61. The monoisotopic (exact) mass is 840 g/mol. The Hall–Kier alpha value is -6.64. The quantitative estimate of drug-likeness (QED) is 0.165. The smallest absolute Gasteiger partial charge is 0.0713 e. The third-order valence-corrected chi connectivity index (χ3v) is 18.0. The molecule has 318 valence electrons. The van der Waals surface area contributed by atoms with Gasteiger partial charge >= 0.3 is 0 Å². The van der Waals surface area contributed by atoms with Crippen LogP contribution in [-0.4, -0.2) is 11.1 Å². The fourth-order valence-corrected chi connectivity index (χ4v) is 14.3. The van der Waals surface area contributed by atoms with Crippen LogP contribution in [0.2, 0.25) is 0 Å². The molecule has 2 heterocycles. The van der Waals surface area contributed by atoms with Gasteiger partial charge in [0, 0.05) is 33.6 Å². The van der Waals surface area contributed by atoms with E-state index in [1.54, 1.807) is 0 Å². The van der Waals surface area contributed by atoms with Gasteiger partial charge in [-0.25, -0.2) is 0 Å². The van der Waals surface area contributed by atoms with Crippen molar-refractivity contribution in [2.75, 3.05) is 9.80 Å². The Morgan fingerprint density at radius 2 is 0.692 bits per heavy atom. The Kier molecular flexibility index (Phi) is 8.17. The van der Waals surface area contributed by atoms with Gasteiger partial charge in [0.15, 0.2) is 0 Å². The van der Waals surface area contributed by atoms with Crippen LogP contribution in [-0.2, 0) is 16.2 Å². The van der Waals surface area contributed by atoms with E-state index >= 15 is 0 Å². The zero-order chi connectivity index (χ0) is 43.8. The van der Waals surface area contributed by atoms with Gasteiger partial charge in [-0.15, -0.1) is 0 Å². The summed E-state index contributed by atoms with van der Waals surface area (Å²) in [6.07, 6.45) is 7.27. The summed E-state index contributed by atoms with van der Waals surface area (Å²) in [5, 5.41) is 0.